The Morgan fingerprint density at radius 1 is 0.386 bits per heavy atom. The van der Waals surface area contributed by atoms with Gasteiger partial charge in [0.25, 0.3) is 0 Å². The number of fused-ring (bicyclic) bond motifs is 5. The summed E-state index contributed by atoms with van der Waals surface area (Å²) in [6, 6.07) is 76.4. The van der Waals surface area contributed by atoms with Gasteiger partial charge in [-0.3, -0.25) is 0 Å². The number of nitrogens with zero attached hydrogens (tertiary/aromatic N) is 2. The Bertz CT molecular complexity index is 3870. The molecule has 3 heteroatoms. The largest absolute Gasteiger partial charge is 0.456 e. The van der Waals surface area contributed by atoms with Gasteiger partial charge >= 0.3 is 0 Å². The van der Waals surface area contributed by atoms with Crippen LogP contribution in [0.15, 0.2) is 211 Å². The molecule has 0 unspecified atom stereocenters. The van der Waals surface area contributed by atoms with Crippen molar-refractivity contribution in [1.82, 2.24) is 0 Å². The second-order valence-electron chi connectivity index (χ2n) is 20.5. The monoisotopic (exact) mass is 902 g/mol. The van der Waals surface area contributed by atoms with Crippen molar-refractivity contribution in [3.8, 4) is 22.3 Å². The van der Waals surface area contributed by atoms with Crippen molar-refractivity contribution in [3.05, 3.63) is 229 Å². The van der Waals surface area contributed by atoms with Crippen molar-refractivity contribution in [2.45, 2.75) is 58.8 Å². The molecule has 11 aromatic carbocycles. The maximum atomic E-state index is 6.67. The third-order valence-electron chi connectivity index (χ3n) is 15.3. The molecule has 0 radical (unpaired) electrons. The van der Waals surface area contributed by atoms with Gasteiger partial charge in [-0.15, -0.1) is 0 Å². The smallest absolute Gasteiger partial charge is 0.137 e. The molecule has 13 rings (SSSR count). The molecule has 338 valence electrons. The van der Waals surface area contributed by atoms with Crippen molar-refractivity contribution in [3.63, 3.8) is 0 Å². The lowest BCUT2D eigenvalue weighted by atomic mass is 9.73. The second-order valence-corrected chi connectivity index (χ2v) is 20.5. The molecule has 0 amide bonds. The van der Waals surface area contributed by atoms with Crippen LogP contribution in [0.5, 0.6) is 0 Å². The standard InChI is InChI=1S/C67H54N2O/c1-41(2)54-38-60(68(47-29-25-45(26-30-47)43-17-9-7-10-18-43)48-31-27-46(28-32-48)44-19-11-8-12-20-44)52-35-33-51-55(42(3)4)39-61(53-36-34-50(54)65(52)66(51)53)69-59-23-15-14-22-57(59)67(5,6)58-37-56-49-21-13-16-24-63(49)70-64(56)40-62(58)69/h7-42H,1-6H3. The number of hydrogen-bond acceptors (Lipinski definition) is 3. The van der Waals surface area contributed by atoms with Gasteiger partial charge in [0, 0.05) is 44.4 Å². The highest BCUT2D eigenvalue weighted by Gasteiger charge is 2.39. The van der Waals surface area contributed by atoms with Crippen molar-refractivity contribution in [1.29, 1.82) is 0 Å². The van der Waals surface area contributed by atoms with E-state index in [0.717, 1.165) is 39.0 Å². The average Bonchev–Trinajstić information content (AvgIpc) is 3.76. The molecule has 0 saturated carbocycles. The fourth-order valence-electron chi connectivity index (χ4n) is 11.8. The Morgan fingerprint density at radius 2 is 0.900 bits per heavy atom. The Hall–Kier alpha value is -8.14. The molecule has 0 aliphatic carbocycles. The summed E-state index contributed by atoms with van der Waals surface area (Å²) < 4.78 is 6.67. The van der Waals surface area contributed by atoms with Crippen LogP contribution in [0, 0.1) is 0 Å². The Kier molecular flexibility index (Phi) is 9.58. The van der Waals surface area contributed by atoms with Gasteiger partial charge in [-0.25, -0.2) is 0 Å². The minimum absolute atomic E-state index is 0.261. The van der Waals surface area contributed by atoms with Gasteiger partial charge in [0.05, 0.1) is 22.7 Å². The molecule has 1 aliphatic rings. The summed E-state index contributed by atoms with van der Waals surface area (Å²) in [6.45, 7) is 14.1. The summed E-state index contributed by atoms with van der Waals surface area (Å²) in [5, 5.41) is 10.0. The van der Waals surface area contributed by atoms with E-state index < -0.39 is 0 Å². The number of furan rings is 1. The topological polar surface area (TPSA) is 19.6 Å². The summed E-state index contributed by atoms with van der Waals surface area (Å²) in [4.78, 5) is 5.04. The molecule has 12 aromatic rings. The Labute approximate surface area is 410 Å². The second kappa shape index (κ2) is 16.0. The third-order valence-corrected chi connectivity index (χ3v) is 15.3. The Morgan fingerprint density at radius 3 is 1.53 bits per heavy atom. The third kappa shape index (κ3) is 6.41. The highest BCUT2D eigenvalue weighted by atomic mass is 16.3. The highest BCUT2D eigenvalue weighted by molar-refractivity contribution is 6.29. The lowest BCUT2D eigenvalue weighted by Crippen LogP contribution is -2.30. The van der Waals surface area contributed by atoms with E-state index in [1.165, 1.54) is 93.9 Å². The number of benzene rings is 11. The van der Waals surface area contributed by atoms with E-state index in [1.807, 2.05) is 0 Å². The zero-order valence-electron chi connectivity index (χ0n) is 40.6. The summed E-state index contributed by atoms with van der Waals surface area (Å²) in [7, 11) is 0. The first kappa shape index (κ1) is 42.0. The number of hydrogen-bond donors (Lipinski definition) is 0. The maximum absolute atomic E-state index is 6.67. The normalized spacial score (nSPS) is 13.3. The van der Waals surface area contributed by atoms with E-state index in [0.29, 0.717) is 0 Å². The van der Waals surface area contributed by atoms with E-state index in [-0.39, 0.29) is 17.3 Å². The SMILES string of the molecule is CC(C)c1cc(N(c2ccc(-c3ccccc3)cc2)c2ccc(-c3ccccc3)cc2)c2ccc3c(C(C)C)cc(N4c5ccccc5C(C)(C)c5cc6c(cc54)oc4ccccc46)c4ccc1c2c34. The van der Waals surface area contributed by atoms with Gasteiger partial charge in [0.1, 0.15) is 11.2 Å². The van der Waals surface area contributed by atoms with Gasteiger partial charge in [-0.1, -0.05) is 187 Å². The zero-order chi connectivity index (χ0) is 47.4. The summed E-state index contributed by atoms with van der Waals surface area (Å²) in [5.41, 5.74) is 18.6. The van der Waals surface area contributed by atoms with Gasteiger partial charge in [0.2, 0.25) is 0 Å². The number of rotatable bonds is 8. The molecule has 70 heavy (non-hydrogen) atoms. The fourth-order valence-corrected chi connectivity index (χ4v) is 11.8. The van der Waals surface area contributed by atoms with Crippen molar-refractivity contribution < 1.29 is 4.42 Å². The van der Waals surface area contributed by atoms with Crippen LogP contribution < -0.4 is 9.80 Å². The summed E-state index contributed by atoms with van der Waals surface area (Å²) in [6.07, 6.45) is 0. The summed E-state index contributed by atoms with van der Waals surface area (Å²) in [5.74, 6) is 0.535. The highest BCUT2D eigenvalue weighted by Crippen LogP contribution is 2.57. The molecule has 2 heterocycles. The molecule has 1 aliphatic heterocycles. The first-order chi connectivity index (χ1) is 34.1. The van der Waals surface area contributed by atoms with E-state index in [1.54, 1.807) is 0 Å². The molecule has 0 spiro atoms. The molecular formula is C67H54N2O. The predicted molar refractivity (Wildman–Crippen MR) is 298 cm³/mol. The van der Waals surface area contributed by atoms with E-state index >= 15 is 0 Å². The van der Waals surface area contributed by atoms with Crippen LogP contribution >= 0.6 is 0 Å². The minimum atomic E-state index is -0.261. The van der Waals surface area contributed by atoms with Gasteiger partial charge < -0.3 is 14.2 Å². The average molecular weight is 903 g/mol. The minimum Gasteiger partial charge on any atom is -0.456 e. The predicted octanol–water partition coefficient (Wildman–Crippen LogP) is 19.6. The van der Waals surface area contributed by atoms with Gasteiger partial charge in [0.15, 0.2) is 0 Å². The van der Waals surface area contributed by atoms with Crippen molar-refractivity contribution >= 4 is 88.4 Å². The van der Waals surface area contributed by atoms with Crippen LogP contribution in [0.2, 0.25) is 0 Å². The fraction of sp³-hybridized carbons (Fsp3) is 0.134. The van der Waals surface area contributed by atoms with Crippen LogP contribution in [-0.2, 0) is 5.41 Å². The number of anilines is 6. The molecule has 3 nitrogen and oxygen atoms in total. The lowest BCUT2D eigenvalue weighted by Gasteiger charge is -2.42. The molecule has 0 fully saturated rings. The van der Waals surface area contributed by atoms with Crippen LogP contribution in [0.3, 0.4) is 0 Å². The molecule has 1 aromatic heterocycles. The Balaban J connectivity index is 1.09. The molecule has 0 N–H and O–H groups in total. The lowest BCUT2D eigenvalue weighted by molar-refractivity contribution is 0.631. The first-order valence-electron chi connectivity index (χ1n) is 24.9. The molecule has 0 atom stereocenters. The summed E-state index contributed by atoms with van der Waals surface area (Å²) >= 11 is 0. The van der Waals surface area contributed by atoms with E-state index in [4.69, 9.17) is 4.42 Å². The zero-order valence-corrected chi connectivity index (χ0v) is 40.6. The number of para-hydroxylation sites is 2. The molecule has 0 bridgehead atoms. The quantitative estimate of drug-likeness (QED) is 0.142. The van der Waals surface area contributed by atoms with Crippen LogP contribution in [0.1, 0.15) is 75.6 Å². The van der Waals surface area contributed by atoms with Crippen LogP contribution in [0.4, 0.5) is 34.1 Å². The van der Waals surface area contributed by atoms with Crippen LogP contribution in [0.25, 0.3) is 76.5 Å². The van der Waals surface area contributed by atoms with Crippen molar-refractivity contribution in [2.24, 2.45) is 0 Å². The maximum Gasteiger partial charge on any atom is 0.137 e. The van der Waals surface area contributed by atoms with Gasteiger partial charge in [-0.2, -0.15) is 0 Å². The van der Waals surface area contributed by atoms with E-state index in [2.05, 4.69) is 258 Å². The molecule has 0 saturated heterocycles. The first-order valence-corrected chi connectivity index (χ1v) is 24.9. The van der Waals surface area contributed by atoms with Crippen LogP contribution in [-0.4, -0.2) is 0 Å². The van der Waals surface area contributed by atoms with E-state index in [9.17, 15) is 0 Å². The van der Waals surface area contributed by atoms with Crippen molar-refractivity contribution in [2.75, 3.05) is 9.80 Å². The molecular weight excluding hydrogens is 849 g/mol. The van der Waals surface area contributed by atoms with Gasteiger partial charge in [-0.05, 0) is 132 Å².